The number of aromatic amines is 1. The van der Waals surface area contributed by atoms with Gasteiger partial charge < -0.3 is 14.7 Å². The second-order valence-corrected chi connectivity index (χ2v) is 7.61. The molecule has 2 aromatic heterocycles. The molecule has 0 aliphatic carbocycles. The molecule has 4 rings (SSSR count). The zero-order valence-electron chi connectivity index (χ0n) is 14.3. The maximum atomic E-state index is 12.4. The summed E-state index contributed by atoms with van der Waals surface area (Å²) in [4.78, 5) is 15.5. The molecule has 0 aliphatic heterocycles. The van der Waals surface area contributed by atoms with Crippen molar-refractivity contribution in [3.05, 3.63) is 59.8 Å². The Morgan fingerprint density at radius 3 is 2.93 bits per heavy atom. The van der Waals surface area contributed by atoms with Crippen LogP contribution in [0.3, 0.4) is 0 Å². The smallest absolute Gasteiger partial charge is 0.277 e. The summed E-state index contributed by atoms with van der Waals surface area (Å²) in [6.07, 6.45) is 1.84. The Kier molecular flexibility index (Phi) is 4.87. The Morgan fingerprint density at radius 1 is 1.22 bits per heavy atom. The first-order chi connectivity index (χ1) is 13.1. The van der Waals surface area contributed by atoms with E-state index >= 15 is 0 Å². The third-order valence-corrected chi connectivity index (χ3v) is 5.13. The van der Waals surface area contributed by atoms with E-state index in [1.807, 2.05) is 30.5 Å². The van der Waals surface area contributed by atoms with E-state index in [1.165, 1.54) is 11.8 Å². The Morgan fingerprint density at radius 2 is 2.07 bits per heavy atom. The first-order valence-electron chi connectivity index (χ1n) is 8.23. The molecule has 0 aliphatic rings. The van der Waals surface area contributed by atoms with Crippen LogP contribution in [0.5, 0.6) is 0 Å². The van der Waals surface area contributed by atoms with E-state index in [4.69, 9.17) is 16.0 Å². The molecule has 27 heavy (non-hydrogen) atoms. The standard InChI is InChI=1S/C19H15ClN4O2S/c1-11(17(25)22-13-6-4-5-12(20)9-13)27-19-24-23-18(26-19)15-10-21-16-8-3-2-7-14(15)16/h2-11,21H,1H3,(H,22,25)/t11-/m1/s1. The summed E-state index contributed by atoms with van der Waals surface area (Å²) in [5.41, 5.74) is 2.47. The Labute approximate surface area is 164 Å². The van der Waals surface area contributed by atoms with Crippen molar-refractivity contribution in [1.82, 2.24) is 15.2 Å². The maximum Gasteiger partial charge on any atom is 0.277 e. The second kappa shape index (κ2) is 7.46. The predicted molar refractivity (Wildman–Crippen MR) is 107 cm³/mol. The number of para-hydroxylation sites is 1. The molecule has 1 atom stereocenters. The van der Waals surface area contributed by atoms with E-state index in [2.05, 4.69) is 20.5 Å². The minimum Gasteiger partial charge on any atom is -0.411 e. The van der Waals surface area contributed by atoms with Crippen LogP contribution in [0, 0.1) is 0 Å². The summed E-state index contributed by atoms with van der Waals surface area (Å²) in [6, 6.07) is 14.9. The average Bonchev–Trinajstić information content (AvgIpc) is 3.28. The molecular formula is C19H15ClN4O2S. The topological polar surface area (TPSA) is 83.8 Å². The van der Waals surface area contributed by atoms with Gasteiger partial charge in [-0.1, -0.05) is 47.6 Å². The number of carbonyl (C=O) groups is 1. The van der Waals surface area contributed by atoms with E-state index < -0.39 is 5.25 Å². The highest BCUT2D eigenvalue weighted by molar-refractivity contribution is 8.00. The molecule has 0 saturated carbocycles. The zero-order valence-corrected chi connectivity index (χ0v) is 15.8. The lowest BCUT2D eigenvalue weighted by Crippen LogP contribution is -2.22. The minimum atomic E-state index is -0.416. The van der Waals surface area contributed by atoms with Gasteiger partial charge in [0.05, 0.1) is 10.8 Å². The van der Waals surface area contributed by atoms with Crippen molar-refractivity contribution in [2.45, 2.75) is 17.4 Å². The van der Waals surface area contributed by atoms with E-state index in [0.29, 0.717) is 21.8 Å². The highest BCUT2D eigenvalue weighted by Crippen LogP contribution is 2.31. The molecule has 0 saturated heterocycles. The largest absolute Gasteiger partial charge is 0.411 e. The molecule has 0 bridgehead atoms. The van der Waals surface area contributed by atoms with Gasteiger partial charge in [-0.05, 0) is 31.2 Å². The van der Waals surface area contributed by atoms with Gasteiger partial charge in [-0.2, -0.15) is 0 Å². The quantitative estimate of drug-likeness (QED) is 0.462. The number of thioether (sulfide) groups is 1. The van der Waals surface area contributed by atoms with Crippen LogP contribution < -0.4 is 5.32 Å². The van der Waals surface area contributed by atoms with Crippen molar-refractivity contribution in [2.24, 2.45) is 0 Å². The second-order valence-electron chi connectivity index (χ2n) is 5.88. The summed E-state index contributed by atoms with van der Waals surface area (Å²) in [7, 11) is 0. The normalized spacial score (nSPS) is 12.2. The van der Waals surface area contributed by atoms with Gasteiger partial charge in [0.25, 0.3) is 11.1 Å². The summed E-state index contributed by atoms with van der Waals surface area (Å²) < 4.78 is 5.75. The molecule has 1 amide bonds. The SMILES string of the molecule is C[C@@H](Sc1nnc(-c2c[nH]c3ccccc23)o1)C(=O)Nc1cccc(Cl)c1. The highest BCUT2D eigenvalue weighted by atomic mass is 35.5. The minimum absolute atomic E-state index is 0.172. The van der Waals surface area contributed by atoms with Gasteiger partial charge in [-0.15, -0.1) is 10.2 Å². The number of nitrogens with one attached hydrogen (secondary N) is 2. The van der Waals surface area contributed by atoms with Gasteiger partial charge in [0.1, 0.15) is 0 Å². The third-order valence-electron chi connectivity index (χ3n) is 3.97. The van der Waals surface area contributed by atoms with Gasteiger partial charge in [0.15, 0.2) is 0 Å². The number of halogens is 1. The van der Waals surface area contributed by atoms with Crippen molar-refractivity contribution >= 4 is 45.9 Å². The van der Waals surface area contributed by atoms with E-state index in [-0.39, 0.29) is 5.91 Å². The number of carbonyl (C=O) groups excluding carboxylic acids is 1. The van der Waals surface area contributed by atoms with Crippen molar-refractivity contribution in [3.8, 4) is 11.5 Å². The van der Waals surface area contributed by atoms with Gasteiger partial charge in [-0.3, -0.25) is 4.79 Å². The van der Waals surface area contributed by atoms with E-state index in [0.717, 1.165) is 16.5 Å². The number of fused-ring (bicyclic) bond motifs is 1. The van der Waals surface area contributed by atoms with Crippen molar-refractivity contribution in [3.63, 3.8) is 0 Å². The molecule has 2 N–H and O–H groups in total. The molecule has 6 nitrogen and oxygen atoms in total. The molecule has 2 heterocycles. The Bertz CT molecular complexity index is 1110. The average molecular weight is 399 g/mol. The lowest BCUT2D eigenvalue weighted by atomic mass is 10.2. The third kappa shape index (κ3) is 3.84. The summed E-state index contributed by atoms with van der Waals surface area (Å²) >= 11 is 7.14. The summed E-state index contributed by atoms with van der Waals surface area (Å²) in [5, 5.41) is 12.5. The number of aromatic nitrogens is 3. The number of rotatable bonds is 5. The van der Waals surface area contributed by atoms with Crippen molar-refractivity contribution in [2.75, 3.05) is 5.32 Å². The van der Waals surface area contributed by atoms with E-state index in [9.17, 15) is 4.79 Å². The van der Waals surface area contributed by atoms with Crippen LogP contribution in [-0.2, 0) is 4.79 Å². The van der Waals surface area contributed by atoms with Crippen LogP contribution in [0.4, 0.5) is 5.69 Å². The molecule has 0 fully saturated rings. The maximum absolute atomic E-state index is 12.4. The molecular weight excluding hydrogens is 384 g/mol. The molecule has 136 valence electrons. The van der Waals surface area contributed by atoms with Gasteiger partial charge in [0, 0.05) is 27.8 Å². The summed E-state index contributed by atoms with van der Waals surface area (Å²) in [5.74, 6) is 0.242. The van der Waals surface area contributed by atoms with Crippen LogP contribution in [0.15, 0.2) is 64.4 Å². The fourth-order valence-corrected chi connectivity index (χ4v) is 3.50. The summed E-state index contributed by atoms with van der Waals surface area (Å²) in [6.45, 7) is 1.78. The predicted octanol–water partition coefficient (Wildman–Crippen LogP) is 4.99. The van der Waals surface area contributed by atoms with Crippen molar-refractivity contribution < 1.29 is 9.21 Å². The zero-order chi connectivity index (χ0) is 18.8. The first-order valence-corrected chi connectivity index (χ1v) is 9.49. The molecule has 0 radical (unpaired) electrons. The molecule has 4 aromatic rings. The number of amides is 1. The fraction of sp³-hybridized carbons (Fsp3) is 0.105. The van der Waals surface area contributed by atoms with Crippen LogP contribution in [0.25, 0.3) is 22.4 Å². The number of nitrogens with zero attached hydrogens (tertiary/aromatic N) is 2. The monoisotopic (exact) mass is 398 g/mol. The number of benzene rings is 2. The first kappa shape index (κ1) is 17.6. The molecule has 0 unspecified atom stereocenters. The number of hydrogen-bond donors (Lipinski definition) is 2. The molecule has 2 aromatic carbocycles. The van der Waals surface area contributed by atoms with Crippen LogP contribution in [-0.4, -0.2) is 26.3 Å². The van der Waals surface area contributed by atoms with Crippen molar-refractivity contribution in [1.29, 1.82) is 0 Å². The van der Waals surface area contributed by atoms with Gasteiger partial charge in [-0.25, -0.2) is 0 Å². The number of hydrogen-bond acceptors (Lipinski definition) is 5. The van der Waals surface area contributed by atoms with Crippen LogP contribution in [0.1, 0.15) is 6.92 Å². The van der Waals surface area contributed by atoms with Crippen LogP contribution in [0.2, 0.25) is 5.02 Å². The molecule has 8 heteroatoms. The fourth-order valence-electron chi connectivity index (χ4n) is 2.63. The number of H-pyrrole nitrogens is 1. The lowest BCUT2D eigenvalue weighted by Gasteiger charge is -2.09. The Hall–Kier alpha value is -2.77. The Balaban J connectivity index is 1.46. The van der Waals surface area contributed by atoms with Gasteiger partial charge in [0.2, 0.25) is 5.91 Å². The number of anilines is 1. The molecule has 0 spiro atoms. The lowest BCUT2D eigenvalue weighted by molar-refractivity contribution is -0.115. The van der Waals surface area contributed by atoms with Gasteiger partial charge >= 0.3 is 0 Å². The van der Waals surface area contributed by atoms with Crippen LogP contribution >= 0.6 is 23.4 Å². The highest BCUT2D eigenvalue weighted by Gasteiger charge is 2.20. The van der Waals surface area contributed by atoms with E-state index in [1.54, 1.807) is 31.2 Å².